The number of amides is 1. The summed E-state index contributed by atoms with van der Waals surface area (Å²) in [7, 11) is 1.64. The van der Waals surface area contributed by atoms with Crippen LogP contribution in [0.15, 0.2) is 30.5 Å². The number of likely N-dealkylation sites (N-methyl/N-ethyl adjacent to an activating group) is 1. The first kappa shape index (κ1) is 13.9. The molecule has 0 radical (unpaired) electrons. The van der Waals surface area contributed by atoms with Crippen molar-refractivity contribution in [3.05, 3.63) is 40.5 Å². The van der Waals surface area contributed by atoms with Crippen LogP contribution in [0.25, 0.3) is 0 Å². The number of carbonyl (C=O) groups is 1. The molecular formula is C12H13Cl2NO2. The second-order valence-electron chi connectivity index (χ2n) is 3.55. The molecule has 17 heavy (non-hydrogen) atoms. The minimum Gasteiger partial charge on any atom is -0.482 e. The Morgan fingerprint density at radius 3 is 2.65 bits per heavy atom. The Kier molecular flexibility index (Phi) is 4.85. The molecule has 0 aliphatic rings. The SMILES string of the molecule is C=C(C)N(C)C(=O)COc1ccc(Cl)cc1Cl. The van der Waals surface area contributed by atoms with Crippen molar-refractivity contribution >= 4 is 29.1 Å². The minimum atomic E-state index is -0.191. The van der Waals surface area contributed by atoms with Crippen LogP contribution in [-0.2, 0) is 4.79 Å². The van der Waals surface area contributed by atoms with Crippen molar-refractivity contribution in [1.82, 2.24) is 4.90 Å². The van der Waals surface area contributed by atoms with Crippen LogP contribution in [0.5, 0.6) is 5.75 Å². The second kappa shape index (κ2) is 5.94. The summed E-state index contributed by atoms with van der Waals surface area (Å²) in [6, 6.07) is 4.83. The molecule has 0 unspecified atom stereocenters. The van der Waals surface area contributed by atoms with Gasteiger partial charge >= 0.3 is 0 Å². The molecule has 1 rings (SSSR count). The summed E-state index contributed by atoms with van der Waals surface area (Å²) >= 11 is 11.6. The van der Waals surface area contributed by atoms with Crippen LogP contribution >= 0.6 is 23.2 Å². The van der Waals surface area contributed by atoms with E-state index in [1.54, 1.807) is 32.2 Å². The van der Waals surface area contributed by atoms with Gasteiger partial charge in [0.05, 0.1) is 5.02 Å². The molecule has 0 aromatic heterocycles. The number of halogens is 2. The topological polar surface area (TPSA) is 29.5 Å². The maximum Gasteiger partial charge on any atom is 0.264 e. The third kappa shape index (κ3) is 3.95. The third-order valence-electron chi connectivity index (χ3n) is 2.19. The number of hydrogen-bond donors (Lipinski definition) is 0. The lowest BCUT2D eigenvalue weighted by Gasteiger charge is -2.17. The molecule has 92 valence electrons. The van der Waals surface area contributed by atoms with Crippen molar-refractivity contribution in [2.75, 3.05) is 13.7 Å². The fourth-order valence-electron chi connectivity index (χ4n) is 1.04. The van der Waals surface area contributed by atoms with Crippen molar-refractivity contribution in [1.29, 1.82) is 0 Å². The summed E-state index contributed by atoms with van der Waals surface area (Å²) in [4.78, 5) is 13.0. The highest BCUT2D eigenvalue weighted by atomic mass is 35.5. The van der Waals surface area contributed by atoms with Gasteiger partial charge in [-0.25, -0.2) is 0 Å². The van der Waals surface area contributed by atoms with Crippen LogP contribution in [0.4, 0.5) is 0 Å². The summed E-state index contributed by atoms with van der Waals surface area (Å²) < 4.78 is 5.30. The van der Waals surface area contributed by atoms with Gasteiger partial charge in [-0.3, -0.25) is 4.79 Å². The number of carbonyl (C=O) groups excluding carboxylic acids is 1. The maximum absolute atomic E-state index is 11.6. The molecule has 1 aromatic rings. The average Bonchev–Trinajstić information content (AvgIpc) is 2.26. The van der Waals surface area contributed by atoms with Crippen molar-refractivity contribution in [3.63, 3.8) is 0 Å². The molecule has 0 saturated carbocycles. The van der Waals surface area contributed by atoms with Gasteiger partial charge in [-0.15, -0.1) is 0 Å². The molecular weight excluding hydrogens is 261 g/mol. The Morgan fingerprint density at radius 2 is 2.12 bits per heavy atom. The van der Waals surface area contributed by atoms with Gasteiger partial charge in [-0.1, -0.05) is 29.8 Å². The van der Waals surface area contributed by atoms with Crippen molar-refractivity contribution in [2.24, 2.45) is 0 Å². The zero-order valence-electron chi connectivity index (χ0n) is 9.67. The Balaban J connectivity index is 2.62. The van der Waals surface area contributed by atoms with E-state index in [9.17, 15) is 4.79 Å². The summed E-state index contributed by atoms with van der Waals surface area (Å²) in [6.07, 6.45) is 0. The lowest BCUT2D eigenvalue weighted by molar-refractivity contribution is -0.130. The largest absolute Gasteiger partial charge is 0.482 e. The van der Waals surface area contributed by atoms with E-state index in [1.165, 1.54) is 4.90 Å². The first-order chi connectivity index (χ1) is 7.91. The standard InChI is InChI=1S/C12H13Cl2NO2/c1-8(2)15(3)12(16)7-17-11-5-4-9(13)6-10(11)14/h4-6H,1,7H2,2-3H3. The van der Waals surface area contributed by atoms with Gasteiger partial charge in [0.25, 0.3) is 5.91 Å². The number of benzene rings is 1. The normalized spacial score (nSPS) is 9.88. The van der Waals surface area contributed by atoms with Crippen molar-refractivity contribution in [2.45, 2.75) is 6.92 Å². The molecule has 0 atom stereocenters. The predicted octanol–water partition coefficient (Wildman–Crippen LogP) is 3.36. The molecule has 1 aromatic carbocycles. The van der Waals surface area contributed by atoms with Gasteiger partial charge in [0, 0.05) is 17.8 Å². The molecule has 0 spiro atoms. The zero-order valence-corrected chi connectivity index (χ0v) is 11.2. The fraction of sp³-hybridized carbons (Fsp3) is 0.250. The van der Waals surface area contributed by atoms with Gasteiger partial charge in [-0.05, 0) is 25.1 Å². The van der Waals surface area contributed by atoms with Crippen LogP contribution in [0.3, 0.4) is 0 Å². The molecule has 5 heteroatoms. The Labute approximate surface area is 111 Å². The van der Waals surface area contributed by atoms with Gasteiger partial charge < -0.3 is 9.64 Å². The monoisotopic (exact) mass is 273 g/mol. The lowest BCUT2D eigenvalue weighted by Crippen LogP contribution is -2.29. The van der Waals surface area contributed by atoms with E-state index in [4.69, 9.17) is 27.9 Å². The van der Waals surface area contributed by atoms with Crippen molar-refractivity contribution in [3.8, 4) is 5.75 Å². The first-order valence-corrected chi connectivity index (χ1v) is 5.67. The fourth-order valence-corrected chi connectivity index (χ4v) is 1.50. The van der Waals surface area contributed by atoms with Crippen LogP contribution in [0.2, 0.25) is 10.0 Å². The highest BCUT2D eigenvalue weighted by Gasteiger charge is 2.11. The summed E-state index contributed by atoms with van der Waals surface area (Å²) in [5, 5.41) is 0.899. The van der Waals surface area contributed by atoms with E-state index in [-0.39, 0.29) is 12.5 Å². The first-order valence-electron chi connectivity index (χ1n) is 4.91. The summed E-state index contributed by atoms with van der Waals surface area (Å²) in [5.74, 6) is 0.239. The molecule has 0 bridgehead atoms. The molecule has 0 fully saturated rings. The van der Waals surface area contributed by atoms with Gasteiger partial charge in [0.15, 0.2) is 6.61 Å². The number of nitrogens with zero attached hydrogens (tertiary/aromatic N) is 1. The number of ether oxygens (including phenoxy) is 1. The highest BCUT2D eigenvalue weighted by Crippen LogP contribution is 2.27. The zero-order chi connectivity index (χ0) is 13.0. The van der Waals surface area contributed by atoms with Crippen LogP contribution in [0, 0.1) is 0 Å². The summed E-state index contributed by atoms with van der Waals surface area (Å²) in [5.41, 5.74) is 0.654. The van der Waals surface area contributed by atoms with Crippen LogP contribution in [-0.4, -0.2) is 24.5 Å². The smallest absolute Gasteiger partial charge is 0.264 e. The van der Waals surface area contributed by atoms with E-state index >= 15 is 0 Å². The van der Waals surface area contributed by atoms with Crippen molar-refractivity contribution < 1.29 is 9.53 Å². The van der Waals surface area contributed by atoms with E-state index in [0.717, 1.165) is 0 Å². The number of hydrogen-bond acceptors (Lipinski definition) is 2. The molecule has 0 aliphatic carbocycles. The van der Waals surface area contributed by atoms with Crippen LogP contribution < -0.4 is 4.74 Å². The van der Waals surface area contributed by atoms with Gasteiger partial charge in [-0.2, -0.15) is 0 Å². The lowest BCUT2D eigenvalue weighted by atomic mass is 10.3. The van der Waals surface area contributed by atoms with Gasteiger partial charge in [0.1, 0.15) is 5.75 Å². The Morgan fingerprint density at radius 1 is 1.47 bits per heavy atom. The van der Waals surface area contributed by atoms with E-state index in [2.05, 4.69) is 6.58 Å². The quantitative estimate of drug-likeness (QED) is 0.842. The maximum atomic E-state index is 11.6. The van der Waals surface area contributed by atoms with E-state index < -0.39 is 0 Å². The molecule has 0 saturated heterocycles. The molecule has 0 N–H and O–H groups in total. The Hall–Kier alpha value is -1.19. The van der Waals surface area contributed by atoms with Gasteiger partial charge in [0.2, 0.25) is 0 Å². The molecule has 3 nitrogen and oxygen atoms in total. The third-order valence-corrected chi connectivity index (χ3v) is 2.72. The predicted molar refractivity (Wildman–Crippen MR) is 69.5 cm³/mol. The molecule has 0 aliphatic heterocycles. The second-order valence-corrected chi connectivity index (χ2v) is 4.40. The average molecular weight is 274 g/mol. The minimum absolute atomic E-state index is 0.0925. The molecule has 0 heterocycles. The highest BCUT2D eigenvalue weighted by molar-refractivity contribution is 6.35. The van der Waals surface area contributed by atoms with E-state index in [1.807, 2.05) is 0 Å². The Bertz CT molecular complexity index is 446. The van der Waals surface area contributed by atoms with Crippen LogP contribution in [0.1, 0.15) is 6.92 Å². The number of allylic oxidation sites excluding steroid dienone is 1. The van der Waals surface area contributed by atoms with E-state index in [0.29, 0.717) is 21.5 Å². The molecule has 1 amide bonds. The summed E-state index contributed by atoms with van der Waals surface area (Å²) in [6.45, 7) is 5.32. The number of rotatable bonds is 4.